The van der Waals surface area contributed by atoms with Gasteiger partial charge in [0.25, 0.3) is 10.0 Å². The molecule has 0 spiro atoms. The van der Waals surface area contributed by atoms with E-state index >= 15 is 0 Å². The third-order valence-corrected chi connectivity index (χ3v) is 8.87. The van der Waals surface area contributed by atoms with E-state index in [0.29, 0.717) is 15.9 Å². The maximum absolute atomic E-state index is 14.2. The number of rotatable bonds is 10. The van der Waals surface area contributed by atoms with Crippen molar-refractivity contribution >= 4 is 39.1 Å². The molecule has 0 aliphatic carbocycles. The van der Waals surface area contributed by atoms with Gasteiger partial charge in [0.15, 0.2) is 0 Å². The molecule has 0 saturated heterocycles. The average molecular weight is 652 g/mol. The van der Waals surface area contributed by atoms with Crippen molar-refractivity contribution in [2.24, 2.45) is 0 Å². The smallest absolute Gasteiger partial charge is 0.350 e. The molecular weight excluding hydrogens is 615 g/mol. The van der Waals surface area contributed by atoms with Crippen LogP contribution < -0.4 is 9.62 Å². The molecule has 3 rings (SSSR count). The predicted molar refractivity (Wildman–Crippen MR) is 166 cm³/mol. The molecule has 0 bridgehead atoms. The van der Waals surface area contributed by atoms with Crippen molar-refractivity contribution in [3.8, 4) is 0 Å². The Balaban J connectivity index is 2.17. The van der Waals surface area contributed by atoms with E-state index in [-0.39, 0.29) is 17.9 Å². The molecule has 0 aliphatic rings. The molecule has 12 heteroatoms. The summed E-state index contributed by atoms with van der Waals surface area (Å²) in [5.74, 6) is -1.22. The molecule has 0 unspecified atom stereocenters. The van der Waals surface area contributed by atoms with Gasteiger partial charge in [0.05, 0.1) is 21.2 Å². The molecule has 0 radical (unpaired) electrons. The second-order valence-electron chi connectivity index (χ2n) is 11.7. The van der Waals surface area contributed by atoms with Gasteiger partial charge in [-0.05, 0) is 76.9 Å². The molecule has 1 N–H and O–H groups in total. The van der Waals surface area contributed by atoms with Crippen molar-refractivity contribution < 1.29 is 31.2 Å². The Morgan fingerprint density at radius 3 is 2.11 bits per heavy atom. The van der Waals surface area contributed by atoms with Crippen molar-refractivity contribution in [3.05, 3.63) is 94.0 Å². The Bertz CT molecular complexity index is 1600. The third-order valence-electron chi connectivity index (χ3n) is 6.75. The predicted octanol–water partition coefficient (Wildman–Crippen LogP) is 6.89. The van der Waals surface area contributed by atoms with Gasteiger partial charge in [-0.1, -0.05) is 66.0 Å². The number of aryl methyl sites for hydroxylation is 2. The first-order valence-electron chi connectivity index (χ1n) is 14.0. The van der Waals surface area contributed by atoms with Gasteiger partial charge in [-0.2, -0.15) is 13.2 Å². The fraction of sp³-hybridized carbons (Fsp3) is 0.375. The molecule has 7 nitrogen and oxygen atoms in total. The quantitative estimate of drug-likeness (QED) is 0.259. The first kappa shape index (κ1) is 34.9. The Labute approximate surface area is 262 Å². The van der Waals surface area contributed by atoms with Crippen molar-refractivity contribution in [2.45, 2.75) is 77.2 Å². The van der Waals surface area contributed by atoms with Crippen molar-refractivity contribution in [1.29, 1.82) is 0 Å². The summed E-state index contributed by atoms with van der Waals surface area (Å²) in [5.41, 5.74) is 0.0861. The summed E-state index contributed by atoms with van der Waals surface area (Å²) in [5, 5.41) is 2.26. The Kier molecular flexibility index (Phi) is 10.8. The van der Waals surface area contributed by atoms with Gasteiger partial charge in [-0.15, -0.1) is 0 Å². The molecule has 3 aromatic carbocycles. The number of anilines is 1. The number of halogens is 4. The van der Waals surface area contributed by atoms with Crippen LogP contribution in [0.2, 0.25) is 5.02 Å². The summed E-state index contributed by atoms with van der Waals surface area (Å²) in [6, 6.07) is 14.7. The third kappa shape index (κ3) is 8.75. The van der Waals surface area contributed by atoms with E-state index in [9.17, 15) is 31.2 Å². The summed E-state index contributed by atoms with van der Waals surface area (Å²) in [7, 11) is -4.56. The zero-order valence-electron chi connectivity index (χ0n) is 25.5. The van der Waals surface area contributed by atoms with E-state index in [2.05, 4.69) is 5.32 Å². The van der Waals surface area contributed by atoms with Crippen molar-refractivity contribution in [2.75, 3.05) is 10.8 Å². The summed E-state index contributed by atoms with van der Waals surface area (Å²) in [6.45, 7) is 9.80. The first-order chi connectivity index (χ1) is 20.3. The lowest BCUT2D eigenvalue weighted by atomic mass is 10.0. The van der Waals surface area contributed by atoms with Crippen LogP contribution in [0.15, 0.2) is 71.6 Å². The number of carbonyl (C=O) groups is 2. The molecule has 0 fully saturated rings. The number of amides is 2. The molecule has 238 valence electrons. The maximum atomic E-state index is 14.2. The van der Waals surface area contributed by atoms with Gasteiger partial charge in [-0.25, -0.2) is 8.42 Å². The number of alkyl halides is 3. The van der Waals surface area contributed by atoms with Crippen LogP contribution in [0, 0.1) is 13.8 Å². The van der Waals surface area contributed by atoms with Crippen LogP contribution in [0.4, 0.5) is 18.9 Å². The molecular formula is C32H37ClF3N3O4S. The highest BCUT2D eigenvalue weighted by molar-refractivity contribution is 7.92. The molecule has 0 aliphatic heterocycles. The molecule has 0 aromatic heterocycles. The fourth-order valence-electron chi connectivity index (χ4n) is 4.63. The van der Waals surface area contributed by atoms with Crippen LogP contribution in [0.5, 0.6) is 0 Å². The van der Waals surface area contributed by atoms with E-state index < -0.39 is 62.4 Å². The van der Waals surface area contributed by atoms with Crippen molar-refractivity contribution in [3.63, 3.8) is 0 Å². The summed E-state index contributed by atoms with van der Waals surface area (Å²) in [6.07, 6.45) is -4.69. The number of benzene rings is 3. The topological polar surface area (TPSA) is 86.8 Å². The molecule has 2 amide bonds. The number of hydrogen-bond donors (Lipinski definition) is 1. The molecule has 1 atom stereocenters. The second-order valence-corrected chi connectivity index (χ2v) is 13.9. The summed E-state index contributed by atoms with van der Waals surface area (Å²) >= 11 is 5.83. The van der Waals surface area contributed by atoms with E-state index in [1.54, 1.807) is 58.9 Å². The number of hydrogen-bond acceptors (Lipinski definition) is 4. The van der Waals surface area contributed by atoms with Crippen LogP contribution in [0.25, 0.3) is 0 Å². The van der Waals surface area contributed by atoms with Gasteiger partial charge in [-0.3, -0.25) is 13.9 Å². The SMILES string of the molecule is CC[C@H](C(=O)NC(C)(C)C)N(Cc1cccc(C)c1)C(=O)CN(c1ccc(Cl)c(C(F)(F)F)c1)S(=O)(=O)c1ccc(C)cc1. The highest BCUT2D eigenvalue weighted by Gasteiger charge is 2.37. The molecule has 0 heterocycles. The zero-order chi connectivity index (χ0) is 33.0. The number of sulfonamides is 1. The van der Waals surface area contributed by atoms with Crippen LogP contribution in [-0.4, -0.2) is 43.3 Å². The number of nitrogens with zero attached hydrogens (tertiary/aromatic N) is 2. The van der Waals surface area contributed by atoms with E-state index in [0.717, 1.165) is 23.3 Å². The average Bonchev–Trinajstić information content (AvgIpc) is 2.90. The van der Waals surface area contributed by atoms with Gasteiger partial charge in [0, 0.05) is 12.1 Å². The van der Waals surface area contributed by atoms with Gasteiger partial charge in [0.2, 0.25) is 11.8 Å². The minimum atomic E-state index is -4.88. The first-order valence-corrected chi connectivity index (χ1v) is 15.8. The highest BCUT2D eigenvalue weighted by atomic mass is 35.5. The summed E-state index contributed by atoms with van der Waals surface area (Å²) in [4.78, 5) is 28.6. The van der Waals surface area contributed by atoms with Crippen molar-refractivity contribution in [1.82, 2.24) is 10.2 Å². The Hall–Kier alpha value is -3.57. The minimum Gasteiger partial charge on any atom is -0.350 e. The second kappa shape index (κ2) is 13.6. The Morgan fingerprint density at radius 2 is 1.57 bits per heavy atom. The number of nitrogens with one attached hydrogen (secondary N) is 1. The lowest BCUT2D eigenvalue weighted by molar-refractivity contribution is -0.141. The fourth-order valence-corrected chi connectivity index (χ4v) is 6.26. The molecule has 3 aromatic rings. The number of carbonyl (C=O) groups excluding carboxylic acids is 2. The van der Waals surface area contributed by atoms with E-state index in [1.807, 2.05) is 19.1 Å². The Morgan fingerprint density at radius 1 is 0.932 bits per heavy atom. The normalized spacial score (nSPS) is 12.9. The molecule has 0 saturated carbocycles. The van der Waals surface area contributed by atoms with Crippen LogP contribution in [0.1, 0.15) is 56.4 Å². The lowest BCUT2D eigenvalue weighted by Crippen LogP contribution is -2.55. The highest BCUT2D eigenvalue weighted by Crippen LogP contribution is 2.38. The van der Waals surface area contributed by atoms with Crippen LogP contribution in [0.3, 0.4) is 0 Å². The van der Waals surface area contributed by atoms with E-state index in [4.69, 9.17) is 11.6 Å². The maximum Gasteiger partial charge on any atom is 0.417 e. The largest absolute Gasteiger partial charge is 0.417 e. The molecule has 44 heavy (non-hydrogen) atoms. The standard InChI is InChI=1S/C32H37ClF3N3O4S/c1-7-28(30(41)37-31(4,5)6)38(19-23-10-8-9-22(3)17-23)29(40)20-39(44(42,43)25-14-11-21(2)12-15-25)24-13-16-27(33)26(18-24)32(34,35)36/h8-18,28H,7,19-20H2,1-6H3,(H,37,41)/t28-/m1/s1. The monoisotopic (exact) mass is 651 g/mol. The zero-order valence-corrected chi connectivity index (χ0v) is 27.1. The van der Waals surface area contributed by atoms with Gasteiger partial charge in [0.1, 0.15) is 12.6 Å². The lowest BCUT2D eigenvalue weighted by Gasteiger charge is -2.35. The minimum absolute atomic E-state index is 0.0383. The van der Waals surface area contributed by atoms with Crippen LogP contribution >= 0.6 is 11.6 Å². The van der Waals surface area contributed by atoms with Crippen LogP contribution in [-0.2, 0) is 32.3 Å². The van der Waals surface area contributed by atoms with Gasteiger partial charge < -0.3 is 10.2 Å². The summed E-state index contributed by atoms with van der Waals surface area (Å²) < 4.78 is 70.1. The van der Waals surface area contributed by atoms with Gasteiger partial charge >= 0.3 is 6.18 Å². The van der Waals surface area contributed by atoms with E-state index in [1.165, 1.54) is 17.0 Å².